The molecule has 0 aromatic rings. The summed E-state index contributed by atoms with van der Waals surface area (Å²) >= 11 is 0. The third-order valence-electron chi connectivity index (χ3n) is 3.42. The second-order valence-corrected chi connectivity index (χ2v) is 5.89. The van der Waals surface area contributed by atoms with Crippen LogP contribution in [-0.2, 0) is 9.53 Å². The molecule has 1 amide bonds. The second-order valence-electron chi connectivity index (χ2n) is 5.89. The highest BCUT2D eigenvalue weighted by atomic mass is 16.5. The first-order valence-corrected chi connectivity index (χ1v) is 7.07. The molecule has 1 N–H and O–H groups in total. The molecule has 1 aliphatic heterocycles. The molecule has 0 radical (unpaired) electrons. The van der Waals surface area contributed by atoms with E-state index in [4.69, 9.17) is 4.74 Å². The summed E-state index contributed by atoms with van der Waals surface area (Å²) in [6, 6.07) is -0.0318. The van der Waals surface area contributed by atoms with Crippen molar-refractivity contribution in [2.45, 2.75) is 53.2 Å². The predicted octanol–water partition coefficient (Wildman–Crippen LogP) is 1.85. The van der Waals surface area contributed by atoms with Crippen LogP contribution in [0.4, 0.5) is 0 Å². The molecule has 0 spiro atoms. The van der Waals surface area contributed by atoms with E-state index in [0.29, 0.717) is 25.0 Å². The van der Waals surface area contributed by atoms with E-state index in [1.54, 1.807) is 0 Å². The maximum Gasteiger partial charge on any atom is 0.241 e. The predicted molar refractivity (Wildman–Crippen MR) is 73.2 cm³/mol. The molecule has 1 heterocycles. The maximum atomic E-state index is 12.1. The van der Waals surface area contributed by atoms with Gasteiger partial charge in [0.1, 0.15) is 0 Å². The van der Waals surface area contributed by atoms with Crippen LogP contribution in [-0.4, -0.2) is 42.8 Å². The third kappa shape index (κ3) is 4.25. The number of hydrogen-bond donors (Lipinski definition) is 1. The molecular weight excluding hydrogens is 228 g/mol. The summed E-state index contributed by atoms with van der Waals surface area (Å²) in [5, 5.41) is 3.33. The Labute approximate surface area is 111 Å². The van der Waals surface area contributed by atoms with Crippen LogP contribution in [0, 0.1) is 11.8 Å². The summed E-state index contributed by atoms with van der Waals surface area (Å²) in [6.45, 7) is 12.7. The fraction of sp³-hybridized carbons (Fsp3) is 0.929. The molecular formula is C14H28N2O2. The first kappa shape index (κ1) is 15.4. The summed E-state index contributed by atoms with van der Waals surface area (Å²) in [5.41, 5.74) is 0. The van der Waals surface area contributed by atoms with Crippen molar-refractivity contribution in [3.63, 3.8) is 0 Å². The Bertz CT molecular complexity index is 267. The zero-order valence-electron chi connectivity index (χ0n) is 12.4. The molecule has 1 rings (SSSR count). The van der Waals surface area contributed by atoms with Crippen LogP contribution in [0.2, 0.25) is 0 Å². The van der Waals surface area contributed by atoms with Crippen molar-refractivity contribution in [1.82, 2.24) is 10.2 Å². The highest BCUT2D eigenvalue weighted by Gasteiger charge is 2.37. The van der Waals surface area contributed by atoms with Crippen molar-refractivity contribution < 1.29 is 9.53 Å². The van der Waals surface area contributed by atoms with Gasteiger partial charge >= 0.3 is 0 Å². The van der Waals surface area contributed by atoms with Gasteiger partial charge in [0.25, 0.3) is 0 Å². The minimum atomic E-state index is -0.0318. The molecule has 0 aliphatic carbocycles. The van der Waals surface area contributed by atoms with Gasteiger partial charge in [0, 0.05) is 13.2 Å². The van der Waals surface area contributed by atoms with Crippen molar-refractivity contribution in [3.8, 4) is 0 Å². The van der Waals surface area contributed by atoms with Gasteiger partial charge < -0.3 is 9.64 Å². The SMILES string of the molecule is CC(C)CCOCCN1C(=O)C(C(C)C)NC1C. The number of ether oxygens (including phenoxy) is 1. The van der Waals surface area contributed by atoms with E-state index in [1.165, 1.54) is 0 Å². The highest BCUT2D eigenvalue weighted by molar-refractivity contribution is 5.84. The van der Waals surface area contributed by atoms with E-state index >= 15 is 0 Å². The quantitative estimate of drug-likeness (QED) is 0.707. The number of hydrogen-bond acceptors (Lipinski definition) is 3. The number of rotatable bonds is 7. The molecule has 0 saturated carbocycles. The van der Waals surface area contributed by atoms with Gasteiger partial charge in [0.15, 0.2) is 0 Å². The van der Waals surface area contributed by atoms with E-state index in [-0.39, 0.29) is 18.1 Å². The molecule has 1 aliphatic rings. The number of carbonyl (C=O) groups is 1. The molecule has 4 nitrogen and oxygen atoms in total. The van der Waals surface area contributed by atoms with E-state index in [0.717, 1.165) is 13.0 Å². The average molecular weight is 256 g/mol. The molecule has 18 heavy (non-hydrogen) atoms. The molecule has 1 fully saturated rings. The van der Waals surface area contributed by atoms with Crippen LogP contribution in [0.1, 0.15) is 41.0 Å². The van der Waals surface area contributed by atoms with Crippen molar-refractivity contribution in [3.05, 3.63) is 0 Å². The molecule has 0 aromatic heterocycles. The minimum absolute atomic E-state index is 0.0318. The van der Waals surface area contributed by atoms with Gasteiger partial charge in [-0.15, -0.1) is 0 Å². The van der Waals surface area contributed by atoms with Crippen molar-refractivity contribution in [2.24, 2.45) is 11.8 Å². The van der Waals surface area contributed by atoms with Crippen LogP contribution in [0.3, 0.4) is 0 Å². The van der Waals surface area contributed by atoms with Crippen LogP contribution >= 0.6 is 0 Å². The largest absolute Gasteiger partial charge is 0.380 e. The first-order valence-electron chi connectivity index (χ1n) is 7.07. The van der Waals surface area contributed by atoms with Gasteiger partial charge in [0.2, 0.25) is 5.91 Å². The molecule has 2 atom stereocenters. The molecule has 106 valence electrons. The zero-order chi connectivity index (χ0) is 13.7. The standard InChI is InChI=1S/C14H28N2O2/c1-10(2)6-8-18-9-7-16-12(5)15-13(11(3)4)14(16)17/h10-13,15H,6-9H2,1-5H3. The lowest BCUT2D eigenvalue weighted by Crippen LogP contribution is -2.37. The van der Waals surface area contributed by atoms with Crippen molar-refractivity contribution in [1.29, 1.82) is 0 Å². The van der Waals surface area contributed by atoms with Gasteiger partial charge in [-0.05, 0) is 25.2 Å². The monoisotopic (exact) mass is 256 g/mol. The van der Waals surface area contributed by atoms with Crippen molar-refractivity contribution in [2.75, 3.05) is 19.8 Å². The maximum absolute atomic E-state index is 12.1. The number of carbonyl (C=O) groups excluding carboxylic acids is 1. The van der Waals surface area contributed by atoms with Crippen LogP contribution in [0.5, 0.6) is 0 Å². The number of amides is 1. The zero-order valence-corrected chi connectivity index (χ0v) is 12.4. The van der Waals surface area contributed by atoms with Crippen LogP contribution in [0.15, 0.2) is 0 Å². The molecule has 4 heteroatoms. The Morgan fingerprint density at radius 2 is 1.94 bits per heavy atom. The van der Waals surface area contributed by atoms with Gasteiger partial charge in [0.05, 0.1) is 18.8 Å². The summed E-state index contributed by atoms with van der Waals surface area (Å²) < 4.78 is 5.58. The number of nitrogens with zero attached hydrogens (tertiary/aromatic N) is 1. The van der Waals surface area contributed by atoms with E-state index in [9.17, 15) is 4.79 Å². The lowest BCUT2D eigenvalue weighted by Gasteiger charge is -2.20. The Kier molecular flexibility index (Phi) is 6.09. The summed E-state index contributed by atoms with van der Waals surface area (Å²) in [4.78, 5) is 14.0. The lowest BCUT2D eigenvalue weighted by atomic mass is 10.1. The smallest absolute Gasteiger partial charge is 0.241 e. The Hall–Kier alpha value is -0.610. The van der Waals surface area contributed by atoms with E-state index < -0.39 is 0 Å². The Morgan fingerprint density at radius 1 is 1.28 bits per heavy atom. The van der Waals surface area contributed by atoms with Crippen molar-refractivity contribution >= 4 is 5.91 Å². The Morgan fingerprint density at radius 3 is 2.44 bits per heavy atom. The third-order valence-corrected chi connectivity index (χ3v) is 3.42. The minimum Gasteiger partial charge on any atom is -0.380 e. The second kappa shape index (κ2) is 7.10. The normalized spacial score (nSPS) is 24.6. The molecule has 0 aromatic carbocycles. The van der Waals surface area contributed by atoms with Crippen LogP contribution in [0.25, 0.3) is 0 Å². The molecule has 2 unspecified atom stereocenters. The molecule has 0 bridgehead atoms. The van der Waals surface area contributed by atoms with Crippen LogP contribution < -0.4 is 5.32 Å². The van der Waals surface area contributed by atoms with E-state index in [1.807, 2.05) is 11.8 Å². The lowest BCUT2D eigenvalue weighted by molar-refractivity contribution is -0.131. The van der Waals surface area contributed by atoms with Gasteiger partial charge in [-0.3, -0.25) is 10.1 Å². The average Bonchev–Trinajstić information content (AvgIpc) is 2.55. The van der Waals surface area contributed by atoms with E-state index in [2.05, 4.69) is 33.0 Å². The summed E-state index contributed by atoms with van der Waals surface area (Å²) in [5.74, 6) is 1.22. The topological polar surface area (TPSA) is 41.6 Å². The highest BCUT2D eigenvalue weighted by Crippen LogP contribution is 2.16. The fourth-order valence-electron chi connectivity index (χ4n) is 2.16. The number of nitrogens with one attached hydrogen (secondary N) is 1. The first-order chi connectivity index (χ1) is 8.43. The summed E-state index contributed by atoms with van der Waals surface area (Å²) in [6.07, 6.45) is 1.20. The fourth-order valence-corrected chi connectivity index (χ4v) is 2.16. The van der Waals surface area contributed by atoms with Gasteiger partial charge in [-0.1, -0.05) is 27.7 Å². The van der Waals surface area contributed by atoms with Gasteiger partial charge in [-0.2, -0.15) is 0 Å². The molecule has 1 saturated heterocycles. The van der Waals surface area contributed by atoms with Gasteiger partial charge in [-0.25, -0.2) is 0 Å². The summed E-state index contributed by atoms with van der Waals surface area (Å²) in [7, 11) is 0. The Balaban J connectivity index is 2.27.